The minimum atomic E-state index is -0.524. The molecule has 0 aliphatic carbocycles. The Morgan fingerprint density at radius 3 is 2.77 bits per heavy atom. The summed E-state index contributed by atoms with van der Waals surface area (Å²) in [6, 6.07) is 6.32. The maximum absolute atomic E-state index is 13.0. The van der Waals surface area contributed by atoms with Crippen LogP contribution < -0.4 is 5.32 Å². The van der Waals surface area contributed by atoms with E-state index in [9.17, 15) is 14.0 Å². The highest BCUT2D eigenvalue weighted by Crippen LogP contribution is 2.23. The average molecular weight is 413 g/mol. The van der Waals surface area contributed by atoms with E-state index in [-0.39, 0.29) is 11.8 Å². The lowest BCUT2D eigenvalue weighted by molar-refractivity contribution is -0.116. The zero-order chi connectivity index (χ0) is 21.3. The van der Waals surface area contributed by atoms with Crippen molar-refractivity contribution >= 4 is 17.9 Å². The van der Waals surface area contributed by atoms with Crippen LogP contribution in [0.1, 0.15) is 53.9 Å². The van der Waals surface area contributed by atoms with Crippen molar-refractivity contribution in [1.82, 2.24) is 15.2 Å². The van der Waals surface area contributed by atoms with Gasteiger partial charge in [-0.2, -0.15) is 4.39 Å². The maximum atomic E-state index is 13.0. The topological polar surface area (TPSA) is 75.4 Å². The molecule has 0 spiro atoms. The summed E-state index contributed by atoms with van der Waals surface area (Å²) in [5.41, 5.74) is 1.28. The highest BCUT2D eigenvalue weighted by molar-refractivity contribution is 5.92. The quantitative estimate of drug-likeness (QED) is 0.404. The van der Waals surface area contributed by atoms with E-state index in [2.05, 4.69) is 10.3 Å². The molecule has 0 bridgehead atoms. The monoisotopic (exact) mass is 413 g/mol. The molecule has 2 amide bonds. The molecule has 7 heteroatoms. The van der Waals surface area contributed by atoms with Crippen LogP contribution in [0, 0.1) is 18.8 Å². The smallest absolute Gasteiger partial charge is 0.289 e. The highest BCUT2D eigenvalue weighted by Gasteiger charge is 2.24. The summed E-state index contributed by atoms with van der Waals surface area (Å²) < 4.78 is 18.2. The van der Waals surface area contributed by atoms with E-state index in [4.69, 9.17) is 4.42 Å². The molecule has 0 saturated carbocycles. The normalized spacial score (nSPS) is 14.9. The van der Waals surface area contributed by atoms with E-state index in [1.807, 2.05) is 4.90 Å². The fourth-order valence-electron chi connectivity index (χ4n) is 3.69. The van der Waals surface area contributed by atoms with Gasteiger partial charge < -0.3 is 14.6 Å². The molecule has 0 aromatic carbocycles. The number of hydrogen-bond donors (Lipinski definition) is 1. The molecule has 1 aliphatic rings. The molecule has 2 aromatic rings. The van der Waals surface area contributed by atoms with Crippen LogP contribution >= 0.6 is 0 Å². The van der Waals surface area contributed by atoms with Crippen molar-refractivity contribution in [2.45, 2.75) is 39.0 Å². The number of likely N-dealkylation sites (tertiary alicyclic amines) is 1. The molecule has 0 radical (unpaired) electrons. The highest BCUT2D eigenvalue weighted by atomic mass is 19.1. The van der Waals surface area contributed by atoms with Gasteiger partial charge in [-0.25, -0.2) is 4.98 Å². The summed E-state index contributed by atoms with van der Waals surface area (Å²) in [6.45, 7) is 3.87. The molecule has 2 aromatic heterocycles. The van der Waals surface area contributed by atoms with Gasteiger partial charge in [-0.1, -0.05) is 12.8 Å². The Morgan fingerprint density at radius 2 is 2.07 bits per heavy atom. The Bertz CT molecular complexity index is 872. The van der Waals surface area contributed by atoms with Gasteiger partial charge in [-0.3, -0.25) is 9.59 Å². The summed E-state index contributed by atoms with van der Waals surface area (Å²) in [6.07, 6.45) is 9.70. The molecule has 1 fully saturated rings. The van der Waals surface area contributed by atoms with Gasteiger partial charge in [0.05, 0.1) is 6.26 Å². The van der Waals surface area contributed by atoms with Crippen LogP contribution in [0.15, 0.2) is 41.0 Å². The number of aromatic nitrogens is 1. The van der Waals surface area contributed by atoms with Gasteiger partial charge in [-0.15, -0.1) is 0 Å². The Kier molecular flexibility index (Phi) is 7.76. The Labute approximate surface area is 176 Å². The molecule has 1 N–H and O–H groups in total. The lowest BCUT2D eigenvalue weighted by Gasteiger charge is -2.31. The van der Waals surface area contributed by atoms with Gasteiger partial charge in [0.2, 0.25) is 11.9 Å². The first kappa shape index (κ1) is 21.7. The van der Waals surface area contributed by atoms with E-state index in [1.54, 1.807) is 31.2 Å². The van der Waals surface area contributed by atoms with Crippen molar-refractivity contribution in [2.75, 3.05) is 19.6 Å². The Hall–Kier alpha value is -2.96. The van der Waals surface area contributed by atoms with Crippen molar-refractivity contribution in [3.05, 3.63) is 59.6 Å². The number of unbranched alkanes of at least 4 members (excludes halogenated alkanes) is 1. The van der Waals surface area contributed by atoms with Crippen LogP contribution in [0.5, 0.6) is 0 Å². The zero-order valence-electron chi connectivity index (χ0n) is 17.3. The van der Waals surface area contributed by atoms with Crippen LogP contribution in [-0.2, 0) is 4.79 Å². The average Bonchev–Trinajstić information content (AvgIpc) is 3.28. The van der Waals surface area contributed by atoms with Crippen molar-refractivity contribution in [3.8, 4) is 0 Å². The number of carbonyl (C=O) groups is 2. The van der Waals surface area contributed by atoms with Crippen molar-refractivity contribution in [2.24, 2.45) is 5.92 Å². The summed E-state index contributed by atoms with van der Waals surface area (Å²) in [5, 5.41) is 2.88. The Morgan fingerprint density at radius 1 is 1.27 bits per heavy atom. The molecule has 3 rings (SSSR count). The first-order valence-electron chi connectivity index (χ1n) is 10.4. The number of halogens is 1. The molecule has 0 atom stereocenters. The van der Waals surface area contributed by atoms with Gasteiger partial charge in [0.15, 0.2) is 5.76 Å². The lowest BCUT2D eigenvalue weighted by atomic mass is 9.91. The van der Waals surface area contributed by atoms with Gasteiger partial charge in [0.1, 0.15) is 0 Å². The van der Waals surface area contributed by atoms with Crippen LogP contribution in [-0.4, -0.2) is 41.3 Å². The largest absolute Gasteiger partial charge is 0.459 e. The number of piperidine rings is 1. The minimum Gasteiger partial charge on any atom is -0.459 e. The van der Waals surface area contributed by atoms with Crippen LogP contribution in [0.2, 0.25) is 0 Å². The molecular formula is C23H28FN3O3. The predicted octanol–water partition coefficient (Wildman–Crippen LogP) is 3.97. The van der Waals surface area contributed by atoms with Crippen LogP contribution in [0.25, 0.3) is 6.08 Å². The standard InChI is InChI=1S/C23H28FN3O3/c1-17-19(7-9-21(24)26-17)8-10-22(28)25-13-3-2-5-18-11-14-27(15-12-18)23(29)20-6-4-16-30-20/h4,6-10,16,18H,2-3,5,11-15H2,1H3,(H,25,28)/b10-8+. The molecular weight excluding hydrogens is 385 g/mol. The van der Waals surface area contributed by atoms with Crippen LogP contribution in [0.3, 0.4) is 0 Å². The van der Waals surface area contributed by atoms with E-state index >= 15 is 0 Å². The second-order valence-electron chi connectivity index (χ2n) is 7.64. The summed E-state index contributed by atoms with van der Waals surface area (Å²) in [4.78, 5) is 29.8. The number of furan rings is 1. The van der Waals surface area contributed by atoms with Gasteiger partial charge in [0, 0.05) is 31.4 Å². The van der Waals surface area contributed by atoms with E-state index in [0.29, 0.717) is 23.9 Å². The van der Waals surface area contributed by atoms with E-state index in [1.165, 1.54) is 18.4 Å². The third kappa shape index (κ3) is 6.27. The summed E-state index contributed by atoms with van der Waals surface area (Å²) in [7, 11) is 0. The molecule has 1 saturated heterocycles. The number of nitrogens with zero attached hydrogens (tertiary/aromatic N) is 2. The number of rotatable bonds is 8. The third-order valence-electron chi connectivity index (χ3n) is 5.48. The Balaban J connectivity index is 1.28. The molecule has 3 heterocycles. The molecule has 1 aliphatic heterocycles. The number of pyridine rings is 1. The van der Waals surface area contributed by atoms with Gasteiger partial charge in [0.25, 0.3) is 5.91 Å². The first-order chi connectivity index (χ1) is 14.5. The fourth-order valence-corrected chi connectivity index (χ4v) is 3.69. The second-order valence-corrected chi connectivity index (χ2v) is 7.64. The fraction of sp³-hybridized carbons (Fsp3) is 0.435. The SMILES string of the molecule is Cc1nc(F)ccc1/C=C/C(=O)NCCCCC1CCN(C(=O)c2ccco2)CC1. The summed E-state index contributed by atoms with van der Waals surface area (Å²) >= 11 is 0. The number of amides is 2. The number of carbonyl (C=O) groups excluding carboxylic acids is 2. The van der Waals surface area contributed by atoms with Crippen LogP contribution in [0.4, 0.5) is 4.39 Å². The minimum absolute atomic E-state index is 0.0270. The molecule has 6 nitrogen and oxygen atoms in total. The maximum Gasteiger partial charge on any atom is 0.289 e. The molecule has 160 valence electrons. The van der Waals surface area contributed by atoms with Crippen molar-refractivity contribution in [1.29, 1.82) is 0 Å². The first-order valence-corrected chi connectivity index (χ1v) is 10.4. The van der Waals surface area contributed by atoms with Gasteiger partial charge in [-0.05, 0) is 68.0 Å². The van der Waals surface area contributed by atoms with Crippen molar-refractivity contribution in [3.63, 3.8) is 0 Å². The van der Waals surface area contributed by atoms with E-state index < -0.39 is 5.95 Å². The molecule has 0 unspecified atom stereocenters. The number of aryl methyl sites for hydroxylation is 1. The van der Waals surface area contributed by atoms with Gasteiger partial charge >= 0.3 is 0 Å². The summed E-state index contributed by atoms with van der Waals surface area (Å²) in [5.74, 6) is 0.312. The van der Waals surface area contributed by atoms with Crippen molar-refractivity contribution < 1.29 is 18.4 Å². The third-order valence-corrected chi connectivity index (χ3v) is 5.48. The lowest BCUT2D eigenvalue weighted by Crippen LogP contribution is -2.38. The molecule has 30 heavy (non-hydrogen) atoms. The predicted molar refractivity (Wildman–Crippen MR) is 112 cm³/mol. The van der Waals surface area contributed by atoms with E-state index in [0.717, 1.165) is 50.8 Å². The second kappa shape index (κ2) is 10.7. The zero-order valence-corrected chi connectivity index (χ0v) is 17.3. The number of nitrogens with one attached hydrogen (secondary N) is 1. The number of hydrogen-bond acceptors (Lipinski definition) is 4.